The summed E-state index contributed by atoms with van der Waals surface area (Å²) in [6.45, 7) is 0. The van der Waals surface area contributed by atoms with Crippen molar-refractivity contribution in [1.82, 2.24) is 4.98 Å². The first kappa shape index (κ1) is 12.2. The maximum Gasteiger partial charge on any atom is 0.300 e. The van der Waals surface area contributed by atoms with Gasteiger partial charge in [-0.2, -0.15) is 0 Å². The summed E-state index contributed by atoms with van der Waals surface area (Å²) in [5.41, 5.74) is 1.23. The highest BCUT2D eigenvalue weighted by molar-refractivity contribution is 6.32. The van der Waals surface area contributed by atoms with Crippen LogP contribution in [0, 0.1) is 11.8 Å². The van der Waals surface area contributed by atoms with Crippen molar-refractivity contribution in [1.29, 1.82) is 0 Å². The number of amides is 1. The molecule has 0 saturated carbocycles. The third kappa shape index (κ3) is 3.34. The van der Waals surface area contributed by atoms with Crippen LogP contribution < -0.4 is 5.32 Å². The Morgan fingerprint density at radius 1 is 1.17 bits per heavy atom. The second-order valence-electron chi connectivity index (χ2n) is 3.41. The average molecular weight is 257 g/mol. The largest absolute Gasteiger partial charge is 0.312 e. The Balaban J connectivity index is 2.07. The molecule has 0 saturated heterocycles. The number of benzene rings is 1. The quantitative estimate of drug-likeness (QED) is 0.630. The number of pyridine rings is 1. The van der Waals surface area contributed by atoms with Crippen molar-refractivity contribution in [2.75, 3.05) is 5.32 Å². The normalized spacial score (nSPS) is 9.17. The Morgan fingerprint density at radius 2 is 1.94 bits per heavy atom. The van der Waals surface area contributed by atoms with Crippen molar-refractivity contribution in [2.24, 2.45) is 0 Å². The van der Waals surface area contributed by atoms with Crippen molar-refractivity contribution >= 4 is 23.2 Å². The maximum atomic E-state index is 11.6. The first-order valence-electron chi connectivity index (χ1n) is 5.24. The van der Waals surface area contributed by atoms with E-state index in [0.29, 0.717) is 5.69 Å². The molecule has 0 aliphatic carbocycles. The number of nitrogens with one attached hydrogen (secondary N) is 1. The Hall–Kier alpha value is -2.31. The van der Waals surface area contributed by atoms with Gasteiger partial charge in [-0.15, -0.1) is 0 Å². The Labute approximate surface area is 110 Å². The summed E-state index contributed by atoms with van der Waals surface area (Å²) in [6, 6.07) is 12.6. The van der Waals surface area contributed by atoms with Crippen LogP contribution in [-0.2, 0) is 4.79 Å². The molecule has 0 fully saturated rings. The molecular weight excluding hydrogens is 248 g/mol. The zero-order chi connectivity index (χ0) is 12.8. The van der Waals surface area contributed by atoms with Crippen LogP contribution in [0.2, 0.25) is 5.15 Å². The number of aromatic nitrogens is 1. The van der Waals surface area contributed by atoms with E-state index in [-0.39, 0.29) is 5.15 Å². The molecule has 18 heavy (non-hydrogen) atoms. The monoisotopic (exact) mass is 256 g/mol. The summed E-state index contributed by atoms with van der Waals surface area (Å²) in [5, 5.41) is 2.82. The molecule has 2 rings (SSSR count). The third-order valence-corrected chi connectivity index (χ3v) is 2.40. The number of hydrogen-bond acceptors (Lipinski definition) is 2. The van der Waals surface area contributed by atoms with E-state index in [1.807, 2.05) is 30.3 Å². The summed E-state index contributed by atoms with van der Waals surface area (Å²) in [4.78, 5) is 15.4. The van der Waals surface area contributed by atoms with Gasteiger partial charge in [-0.1, -0.05) is 35.7 Å². The van der Waals surface area contributed by atoms with E-state index in [2.05, 4.69) is 22.1 Å². The van der Waals surface area contributed by atoms with E-state index in [9.17, 15) is 4.79 Å². The van der Waals surface area contributed by atoms with Crippen molar-refractivity contribution in [3.8, 4) is 11.8 Å². The minimum atomic E-state index is -0.422. The average Bonchev–Trinajstić information content (AvgIpc) is 2.40. The first-order chi connectivity index (χ1) is 8.75. The standard InChI is InChI=1S/C14H9ClN2O/c15-14-12(7-4-10-16-14)17-13(18)9-8-11-5-2-1-3-6-11/h1-7,10H,(H,17,18). The highest BCUT2D eigenvalue weighted by Gasteiger charge is 2.02. The molecule has 0 bridgehead atoms. The minimum Gasteiger partial charge on any atom is -0.312 e. The van der Waals surface area contributed by atoms with E-state index in [4.69, 9.17) is 11.6 Å². The van der Waals surface area contributed by atoms with E-state index < -0.39 is 5.91 Å². The van der Waals surface area contributed by atoms with E-state index >= 15 is 0 Å². The molecule has 1 aromatic heterocycles. The molecule has 0 spiro atoms. The molecule has 0 radical (unpaired) electrons. The van der Waals surface area contributed by atoms with Gasteiger partial charge in [0.25, 0.3) is 0 Å². The highest BCUT2D eigenvalue weighted by Crippen LogP contribution is 2.16. The van der Waals surface area contributed by atoms with Gasteiger partial charge in [0.05, 0.1) is 5.69 Å². The van der Waals surface area contributed by atoms with E-state index in [0.717, 1.165) is 5.56 Å². The molecule has 3 nitrogen and oxygen atoms in total. The van der Waals surface area contributed by atoms with Crippen LogP contribution in [0.15, 0.2) is 48.7 Å². The molecule has 1 heterocycles. The van der Waals surface area contributed by atoms with Crippen LogP contribution in [0.3, 0.4) is 0 Å². The van der Waals surface area contributed by atoms with E-state index in [1.165, 1.54) is 0 Å². The number of halogens is 1. The summed E-state index contributed by atoms with van der Waals surface area (Å²) < 4.78 is 0. The lowest BCUT2D eigenvalue weighted by atomic mass is 10.2. The van der Waals surface area contributed by atoms with Crippen LogP contribution in [-0.4, -0.2) is 10.9 Å². The Kier molecular flexibility index (Phi) is 3.95. The number of nitrogens with zero attached hydrogens (tertiary/aromatic N) is 1. The second-order valence-corrected chi connectivity index (χ2v) is 3.77. The van der Waals surface area contributed by atoms with Crippen LogP contribution in [0.1, 0.15) is 5.56 Å². The SMILES string of the molecule is O=C(C#Cc1ccccc1)Nc1cccnc1Cl. The lowest BCUT2D eigenvalue weighted by Crippen LogP contribution is -2.09. The van der Waals surface area contributed by atoms with Gasteiger partial charge in [0.15, 0.2) is 5.15 Å². The van der Waals surface area contributed by atoms with Gasteiger partial charge in [0, 0.05) is 17.7 Å². The smallest absolute Gasteiger partial charge is 0.300 e. The molecule has 88 valence electrons. The van der Waals surface area contributed by atoms with Gasteiger partial charge in [-0.25, -0.2) is 4.98 Å². The zero-order valence-corrected chi connectivity index (χ0v) is 10.1. The number of hydrogen-bond donors (Lipinski definition) is 1. The summed E-state index contributed by atoms with van der Waals surface area (Å²) >= 11 is 5.81. The van der Waals surface area contributed by atoms with Gasteiger partial charge in [0.1, 0.15) is 0 Å². The van der Waals surface area contributed by atoms with Gasteiger partial charge >= 0.3 is 5.91 Å². The van der Waals surface area contributed by atoms with Gasteiger partial charge in [0.2, 0.25) is 0 Å². The summed E-state index contributed by atoms with van der Waals surface area (Å²) in [5.74, 6) is 4.82. The highest BCUT2D eigenvalue weighted by atomic mass is 35.5. The molecule has 0 aliphatic rings. The molecule has 2 aromatic rings. The topological polar surface area (TPSA) is 42.0 Å². The Morgan fingerprint density at radius 3 is 2.67 bits per heavy atom. The third-order valence-electron chi connectivity index (χ3n) is 2.10. The lowest BCUT2D eigenvalue weighted by molar-refractivity contribution is -0.111. The van der Waals surface area contributed by atoms with Crippen LogP contribution in [0.25, 0.3) is 0 Å². The van der Waals surface area contributed by atoms with Gasteiger partial charge in [-0.3, -0.25) is 4.79 Å². The number of rotatable bonds is 1. The van der Waals surface area contributed by atoms with E-state index in [1.54, 1.807) is 18.3 Å². The van der Waals surface area contributed by atoms with Crippen molar-refractivity contribution in [2.45, 2.75) is 0 Å². The fraction of sp³-hybridized carbons (Fsp3) is 0. The summed E-state index contributed by atoms with van der Waals surface area (Å²) in [7, 11) is 0. The molecular formula is C14H9ClN2O. The molecule has 0 unspecified atom stereocenters. The van der Waals surface area contributed by atoms with Crippen LogP contribution in [0.4, 0.5) is 5.69 Å². The predicted molar refractivity (Wildman–Crippen MR) is 71.2 cm³/mol. The predicted octanol–water partition coefficient (Wildman–Crippen LogP) is 2.73. The zero-order valence-electron chi connectivity index (χ0n) is 9.35. The number of carbonyl (C=O) groups excluding carboxylic acids is 1. The van der Waals surface area contributed by atoms with Gasteiger partial charge in [-0.05, 0) is 24.3 Å². The summed E-state index contributed by atoms with van der Waals surface area (Å²) in [6.07, 6.45) is 1.55. The Bertz CT molecular complexity index is 614. The molecule has 4 heteroatoms. The molecule has 1 aromatic carbocycles. The molecule has 1 N–H and O–H groups in total. The number of anilines is 1. The van der Waals surface area contributed by atoms with Crippen molar-refractivity contribution in [3.63, 3.8) is 0 Å². The van der Waals surface area contributed by atoms with Crippen LogP contribution in [0.5, 0.6) is 0 Å². The maximum absolute atomic E-state index is 11.6. The second kappa shape index (κ2) is 5.85. The minimum absolute atomic E-state index is 0.243. The lowest BCUT2D eigenvalue weighted by Gasteiger charge is -2.01. The fourth-order valence-electron chi connectivity index (χ4n) is 1.28. The fourth-order valence-corrected chi connectivity index (χ4v) is 1.45. The number of carbonyl (C=O) groups is 1. The molecule has 0 atom stereocenters. The van der Waals surface area contributed by atoms with Gasteiger partial charge < -0.3 is 5.32 Å². The van der Waals surface area contributed by atoms with Crippen LogP contribution >= 0.6 is 11.6 Å². The molecule has 0 aliphatic heterocycles. The molecule has 1 amide bonds. The van der Waals surface area contributed by atoms with Crippen molar-refractivity contribution in [3.05, 3.63) is 59.4 Å². The van der Waals surface area contributed by atoms with Crippen molar-refractivity contribution < 1.29 is 4.79 Å². The first-order valence-corrected chi connectivity index (χ1v) is 5.62.